The molecule has 2 N–H and O–H groups in total. The maximum Gasteiger partial charge on any atom is 0.167 e. The number of aryl methyl sites for hydroxylation is 1. The van der Waals surface area contributed by atoms with Gasteiger partial charge in [-0.25, -0.2) is 4.39 Å². The molecular weight excluding hydrogens is 309 g/mol. The van der Waals surface area contributed by atoms with Crippen molar-refractivity contribution in [1.29, 1.82) is 0 Å². The van der Waals surface area contributed by atoms with Crippen molar-refractivity contribution in [2.45, 2.75) is 13.3 Å². The van der Waals surface area contributed by atoms with Gasteiger partial charge in [0.05, 0.1) is 0 Å². The average Bonchev–Trinajstić information content (AvgIpc) is 2.36. The lowest BCUT2D eigenvalue weighted by atomic mass is 10.0. The van der Waals surface area contributed by atoms with Crippen LogP contribution in [0.2, 0.25) is 0 Å². The Hall–Kier alpha value is -1.68. The van der Waals surface area contributed by atoms with Crippen LogP contribution in [-0.4, -0.2) is 5.78 Å². The van der Waals surface area contributed by atoms with Crippen molar-refractivity contribution in [1.82, 2.24) is 0 Å². The Kier molecular flexibility index (Phi) is 4.00. The third kappa shape index (κ3) is 3.20. The van der Waals surface area contributed by atoms with Crippen molar-refractivity contribution in [2.75, 3.05) is 5.73 Å². The molecule has 19 heavy (non-hydrogen) atoms. The smallest absolute Gasteiger partial charge is 0.167 e. The first-order chi connectivity index (χ1) is 8.97. The fourth-order valence-corrected chi connectivity index (χ4v) is 2.12. The Morgan fingerprint density at radius 1 is 1.26 bits per heavy atom. The molecule has 0 aliphatic heterocycles. The molecule has 0 atom stereocenters. The first kappa shape index (κ1) is 13.7. The first-order valence-corrected chi connectivity index (χ1v) is 6.60. The van der Waals surface area contributed by atoms with Crippen molar-refractivity contribution in [3.63, 3.8) is 0 Å². The van der Waals surface area contributed by atoms with Crippen LogP contribution in [0, 0.1) is 12.7 Å². The topological polar surface area (TPSA) is 43.1 Å². The molecule has 0 radical (unpaired) electrons. The fourth-order valence-electron chi connectivity index (χ4n) is 1.79. The third-order valence-corrected chi connectivity index (χ3v) is 3.45. The molecule has 2 rings (SSSR count). The second-order valence-corrected chi connectivity index (χ2v) is 5.32. The lowest BCUT2D eigenvalue weighted by Crippen LogP contribution is -2.06. The van der Waals surface area contributed by atoms with Crippen LogP contribution in [0.25, 0.3) is 0 Å². The second kappa shape index (κ2) is 5.53. The lowest BCUT2D eigenvalue weighted by Gasteiger charge is -2.06. The fraction of sp³-hybridized carbons (Fsp3) is 0.133. The van der Waals surface area contributed by atoms with Crippen LogP contribution < -0.4 is 5.73 Å². The van der Waals surface area contributed by atoms with Crippen molar-refractivity contribution >= 4 is 27.4 Å². The molecule has 0 amide bonds. The molecule has 0 saturated carbocycles. The first-order valence-electron chi connectivity index (χ1n) is 5.80. The van der Waals surface area contributed by atoms with Crippen molar-refractivity contribution < 1.29 is 9.18 Å². The van der Waals surface area contributed by atoms with Gasteiger partial charge < -0.3 is 5.73 Å². The second-order valence-electron chi connectivity index (χ2n) is 4.41. The summed E-state index contributed by atoms with van der Waals surface area (Å²) in [5.74, 6) is -0.501. The number of benzene rings is 2. The maximum absolute atomic E-state index is 13.7. The van der Waals surface area contributed by atoms with Crippen LogP contribution in [0.15, 0.2) is 40.9 Å². The highest BCUT2D eigenvalue weighted by atomic mass is 79.9. The summed E-state index contributed by atoms with van der Waals surface area (Å²) in [6, 6.07) is 9.79. The van der Waals surface area contributed by atoms with Crippen molar-refractivity contribution in [2.24, 2.45) is 0 Å². The van der Waals surface area contributed by atoms with E-state index in [-0.39, 0.29) is 18.0 Å². The molecule has 0 spiro atoms. The summed E-state index contributed by atoms with van der Waals surface area (Å²) in [6.07, 6.45) is 0.0441. The summed E-state index contributed by atoms with van der Waals surface area (Å²) < 4.78 is 14.3. The number of carbonyl (C=O) groups is 1. The van der Waals surface area contributed by atoms with Gasteiger partial charge in [-0.3, -0.25) is 4.79 Å². The zero-order valence-corrected chi connectivity index (χ0v) is 12.0. The number of carbonyl (C=O) groups excluding carboxylic acids is 1. The molecule has 0 unspecified atom stereocenters. The summed E-state index contributed by atoms with van der Waals surface area (Å²) in [4.78, 5) is 12.1. The minimum Gasteiger partial charge on any atom is -0.399 e. The van der Waals surface area contributed by atoms with E-state index in [1.807, 2.05) is 6.92 Å². The molecule has 98 valence electrons. The minimum absolute atomic E-state index is 0.0441. The van der Waals surface area contributed by atoms with Crippen LogP contribution in [-0.2, 0) is 6.42 Å². The molecule has 2 aromatic rings. The molecule has 4 heteroatoms. The summed E-state index contributed by atoms with van der Waals surface area (Å²) >= 11 is 3.19. The SMILES string of the molecule is Cc1cc(C(=O)Cc2ccc(Br)cc2F)ccc1N. The molecule has 0 aromatic heterocycles. The predicted octanol–water partition coefficient (Wildman–Crippen LogP) is 3.90. The molecule has 0 heterocycles. The van der Waals surface area contributed by atoms with Crippen LogP contribution in [0.5, 0.6) is 0 Å². The Morgan fingerprint density at radius 3 is 2.63 bits per heavy atom. The van der Waals surface area contributed by atoms with E-state index in [9.17, 15) is 9.18 Å². The van der Waals surface area contributed by atoms with E-state index < -0.39 is 0 Å². The standard InChI is InChI=1S/C15H13BrFNO/c1-9-6-11(3-5-14(9)18)15(19)7-10-2-4-12(16)8-13(10)17/h2-6,8H,7,18H2,1H3. The monoisotopic (exact) mass is 321 g/mol. The Balaban J connectivity index is 2.23. The molecule has 0 saturated heterocycles. The summed E-state index contributed by atoms with van der Waals surface area (Å²) in [7, 11) is 0. The number of nitrogen functional groups attached to an aromatic ring is 1. The maximum atomic E-state index is 13.7. The van der Waals surface area contributed by atoms with Gasteiger partial charge in [0.25, 0.3) is 0 Å². The average molecular weight is 322 g/mol. The van der Waals surface area contributed by atoms with E-state index >= 15 is 0 Å². The molecular formula is C15H13BrFNO. The number of Topliss-reactive ketones (excluding diaryl/α,β-unsaturated/α-hetero) is 1. The number of hydrogen-bond donors (Lipinski definition) is 1. The van der Waals surface area contributed by atoms with Gasteiger partial charge in [0.2, 0.25) is 0 Å². The van der Waals surface area contributed by atoms with Gasteiger partial charge in [0, 0.05) is 22.1 Å². The van der Waals surface area contributed by atoms with Crippen LogP contribution in [0.4, 0.5) is 10.1 Å². The van der Waals surface area contributed by atoms with Gasteiger partial charge in [-0.2, -0.15) is 0 Å². The van der Waals surface area contributed by atoms with E-state index in [4.69, 9.17) is 5.73 Å². The van der Waals surface area contributed by atoms with Gasteiger partial charge in [-0.15, -0.1) is 0 Å². The van der Waals surface area contributed by atoms with E-state index in [0.717, 1.165) is 5.56 Å². The van der Waals surface area contributed by atoms with Crippen molar-refractivity contribution in [3.05, 3.63) is 63.4 Å². The van der Waals surface area contributed by atoms with Crippen LogP contribution >= 0.6 is 15.9 Å². The number of anilines is 1. The van der Waals surface area contributed by atoms with Crippen molar-refractivity contribution in [3.8, 4) is 0 Å². The van der Waals surface area contributed by atoms with E-state index in [1.165, 1.54) is 6.07 Å². The molecule has 2 nitrogen and oxygen atoms in total. The lowest BCUT2D eigenvalue weighted by molar-refractivity contribution is 0.0992. The highest BCUT2D eigenvalue weighted by Crippen LogP contribution is 2.18. The number of nitrogens with two attached hydrogens (primary N) is 1. The Labute approximate surface area is 119 Å². The van der Waals surface area contributed by atoms with Gasteiger partial charge in [-0.1, -0.05) is 22.0 Å². The largest absolute Gasteiger partial charge is 0.399 e. The number of rotatable bonds is 3. The van der Waals surface area contributed by atoms with Gasteiger partial charge in [0.1, 0.15) is 5.82 Å². The summed E-state index contributed by atoms with van der Waals surface area (Å²) in [5.41, 5.74) is 8.14. The van der Waals surface area contributed by atoms with Crippen LogP contribution in [0.1, 0.15) is 21.5 Å². The van der Waals surface area contributed by atoms with Gasteiger partial charge in [-0.05, 0) is 48.4 Å². The van der Waals surface area contributed by atoms with E-state index in [2.05, 4.69) is 15.9 Å². The van der Waals surface area contributed by atoms with E-state index in [1.54, 1.807) is 30.3 Å². The number of halogens is 2. The highest BCUT2D eigenvalue weighted by molar-refractivity contribution is 9.10. The van der Waals surface area contributed by atoms with E-state index in [0.29, 0.717) is 21.3 Å². The summed E-state index contributed by atoms with van der Waals surface area (Å²) in [6.45, 7) is 1.84. The predicted molar refractivity (Wildman–Crippen MR) is 77.7 cm³/mol. The van der Waals surface area contributed by atoms with Crippen LogP contribution in [0.3, 0.4) is 0 Å². The molecule has 0 aliphatic carbocycles. The normalized spacial score (nSPS) is 10.5. The Morgan fingerprint density at radius 2 is 2.00 bits per heavy atom. The minimum atomic E-state index is -0.380. The quantitative estimate of drug-likeness (QED) is 0.688. The highest BCUT2D eigenvalue weighted by Gasteiger charge is 2.11. The molecule has 0 bridgehead atoms. The Bertz CT molecular complexity index is 640. The molecule has 0 fully saturated rings. The number of ketones is 1. The molecule has 0 aliphatic rings. The zero-order chi connectivity index (χ0) is 14.0. The molecule has 2 aromatic carbocycles. The zero-order valence-electron chi connectivity index (χ0n) is 10.4. The third-order valence-electron chi connectivity index (χ3n) is 2.96. The summed E-state index contributed by atoms with van der Waals surface area (Å²) in [5, 5.41) is 0. The number of hydrogen-bond acceptors (Lipinski definition) is 2. The van der Waals surface area contributed by atoms with Gasteiger partial charge >= 0.3 is 0 Å². The van der Waals surface area contributed by atoms with Gasteiger partial charge in [0.15, 0.2) is 5.78 Å².